The zero-order chi connectivity index (χ0) is 10.1. The number of hydrogen-bond acceptors (Lipinski definition) is 2. The molecule has 0 atom stereocenters. The second kappa shape index (κ2) is 7.11. The van der Waals surface area contributed by atoms with Gasteiger partial charge in [0.1, 0.15) is 0 Å². The zero-order valence-electron chi connectivity index (χ0n) is 7.66. The van der Waals surface area contributed by atoms with Crippen molar-refractivity contribution < 1.29 is 9.90 Å². The van der Waals surface area contributed by atoms with E-state index in [1.807, 2.05) is 6.92 Å². The zero-order valence-corrected chi connectivity index (χ0v) is 7.66. The van der Waals surface area contributed by atoms with Crippen LogP contribution in [-0.4, -0.2) is 11.1 Å². The van der Waals surface area contributed by atoms with Crippen LogP contribution in [0.3, 0.4) is 0 Å². The first-order valence-corrected chi connectivity index (χ1v) is 4.21. The van der Waals surface area contributed by atoms with Crippen LogP contribution in [0, 0.1) is 11.3 Å². The molecule has 0 heterocycles. The van der Waals surface area contributed by atoms with Crippen LogP contribution >= 0.6 is 0 Å². The third kappa shape index (κ3) is 5.68. The minimum atomic E-state index is -0.906. The fraction of sp³-hybridized carbons (Fsp3) is 0.400. The molecule has 0 aromatic rings. The van der Waals surface area contributed by atoms with Crippen LogP contribution in [0.2, 0.25) is 0 Å². The lowest BCUT2D eigenvalue weighted by molar-refractivity contribution is -0.132. The lowest BCUT2D eigenvalue weighted by Crippen LogP contribution is -1.99. The Morgan fingerprint density at radius 3 is 2.77 bits per heavy atom. The minimum Gasteiger partial charge on any atom is -0.478 e. The van der Waals surface area contributed by atoms with Gasteiger partial charge in [-0.05, 0) is 12.8 Å². The van der Waals surface area contributed by atoms with E-state index in [-0.39, 0.29) is 0 Å². The predicted molar refractivity (Wildman–Crippen MR) is 50.0 cm³/mol. The standard InChI is InChI=1S/C10H13NO2/c1-2-3-6-9(10(12)13)7-4-5-8-11/h4-5,7H,2-3,6H2,1H3,(H,12,13). The van der Waals surface area contributed by atoms with Gasteiger partial charge in [0.25, 0.3) is 0 Å². The Hall–Kier alpha value is -1.56. The Morgan fingerprint density at radius 2 is 2.31 bits per heavy atom. The van der Waals surface area contributed by atoms with E-state index in [0.29, 0.717) is 12.0 Å². The number of unbranched alkanes of at least 4 members (excludes halogenated alkanes) is 1. The Balaban J connectivity index is 4.25. The van der Waals surface area contributed by atoms with Crippen molar-refractivity contribution in [3.05, 3.63) is 23.8 Å². The third-order valence-corrected chi connectivity index (χ3v) is 1.54. The number of allylic oxidation sites excluding steroid dienone is 3. The SMILES string of the molecule is CCCCC(=CC=CC#N)C(=O)O. The molecule has 0 spiro atoms. The predicted octanol–water partition coefficient (Wildman–Crippen LogP) is 2.27. The molecule has 0 unspecified atom stereocenters. The Bertz CT molecular complexity index is 259. The molecule has 13 heavy (non-hydrogen) atoms. The maximum absolute atomic E-state index is 10.6. The first kappa shape index (κ1) is 11.4. The molecule has 0 radical (unpaired) electrons. The van der Waals surface area contributed by atoms with Gasteiger partial charge >= 0.3 is 5.97 Å². The molecule has 70 valence electrons. The van der Waals surface area contributed by atoms with Gasteiger partial charge in [-0.2, -0.15) is 5.26 Å². The average molecular weight is 179 g/mol. The molecule has 0 fully saturated rings. The molecule has 1 N–H and O–H groups in total. The van der Waals surface area contributed by atoms with Gasteiger partial charge in [0.05, 0.1) is 6.07 Å². The number of carboxylic acid groups (broad SMARTS) is 1. The van der Waals surface area contributed by atoms with Gasteiger partial charge in [-0.25, -0.2) is 4.79 Å². The van der Waals surface area contributed by atoms with E-state index in [4.69, 9.17) is 10.4 Å². The number of aliphatic carboxylic acids is 1. The summed E-state index contributed by atoms with van der Waals surface area (Å²) in [5.41, 5.74) is 0.355. The summed E-state index contributed by atoms with van der Waals surface area (Å²) in [6, 6.07) is 1.80. The van der Waals surface area contributed by atoms with E-state index in [1.165, 1.54) is 18.2 Å². The normalized spacial score (nSPS) is 11.5. The Labute approximate surface area is 78.0 Å². The lowest BCUT2D eigenvalue weighted by atomic mass is 10.1. The van der Waals surface area contributed by atoms with Crippen molar-refractivity contribution in [3.8, 4) is 6.07 Å². The largest absolute Gasteiger partial charge is 0.478 e. The van der Waals surface area contributed by atoms with Crippen molar-refractivity contribution in [1.29, 1.82) is 5.26 Å². The molecule has 0 aliphatic rings. The quantitative estimate of drug-likeness (QED) is 0.400. The first-order valence-electron chi connectivity index (χ1n) is 4.21. The average Bonchev–Trinajstić information content (AvgIpc) is 2.10. The van der Waals surface area contributed by atoms with Crippen molar-refractivity contribution in [2.24, 2.45) is 0 Å². The summed E-state index contributed by atoms with van der Waals surface area (Å²) < 4.78 is 0. The molecule has 0 saturated heterocycles. The number of nitrogens with zero attached hydrogens (tertiary/aromatic N) is 1. The smallest absolute Gasteiger partial charge is 0.331 e. The van der Waals surface area contributed by atoms with Crippen LogP contribution in [0.15, 0.2) is 23.8 Å². The highest BCUT2D eigenvalue weighted by Gasteiger charge is 2.03. The van der Waals surface area contributed by atoms with E-state index in [9.17, 15) is 4.79 Å². The van der Waals surface area contributed by atoms with E-state index >= 15 is 0 Å². The molecule has 0 aromatic heterocycles. The molecule has 0 aromatic carbocycles. The summed E-state index contributed by atoms with van der Waals surface area (Å²) in [7, 11) is 0. The fourth-order valence-electron chi connectivity index (χ4n) is 0.836. The molecule has 0 aliphatic heterocycles. The van der Waals surface area contributed by atoms with Crippen LogP contribution in [0.4, 0.5) is 0 Å². The van der Waals surface area contributed by atoms with Crippen LogP contribution in [0.5, 0.6) is 0 Å². The highest BCUT2D eigenvalue weighted by molar-refractivity contribution is 5.86. The second-order valence-electron chi connectivity index (χ2n) is 2.59. The number of carboxylic acids is 1. The highest BCUT2D eigenvalue weighted by atomic mass is 16.4. The van der Waals surface area contributed by atoms with Gasteiger partial charge in [0.15, 0.2) is 0 Å². The minimum absolute atomic E-state index is 0.355. The number of rotatable bonds is 5. The summed E-state index contributed by atoms with van der Waals surface area (Å²) >= 11 is 0. The van der Waals surface area contributed by atoms with Gasteiger partial charge in [-0.15, -0.1) is 0 Å². The van der Waals surface area contributed by atoms with Gasteiger partial charge in [-0.1, -0.05) is 25.5 Å². The molecule has 3 heteroatoms. The van der Waals surface area contributed by atoms with E-state index in [2.05, 4.69) is 0 Å². The van der Waals surface area contributed by atoms with Crippen molar-refractivity contribution in [1.82, 2.24) is 0 Å². The molecule has 0 rings (SSSR count). The van der Waals surface area contributed by atoms with Crippen LogP contribution in [-0.2, 0) is 4.79 Å². The van der Waals surface area contributed by atoms with Crippen molar-refractivity contribution >= 4 is 5.97 Å². The monoisotopic (exact) mass is 179 g/mol. The first-order chi connectivity index (χ1) is 6.22. The second-order valence-corrected chi connectivity index (χ2v) is 2.59. The van der Waals surface area contributed by atoms with Gasteiger partial charge in [-0.3, -0.25) is 0 Å². The lowest BCUT2D eigenvalue weighted by Gasteiger charge is -1.97. The van der Waals surface area contributed by atoms with Gasteiger partial charge in [0, 0.05) is 11.6 Å². The molecule has 0 amide bonds. The maximum atomic E-state index is 10.6. The molecular weight excluding hydrogens is 166 g/mol. The Kier molecular flexibility index (Phi) is 6.26. The van der Waals surface area contributed by atoms with Crippen LogP contribution in [0.1, 0.15) is 26.2 Å². The molecule has 0 saturated carbocycles. The summed E-state index contributed by atoms with van der Waals surface area (Å²) in [6.07, 6.45) is 6.57. The van der Waals surface area contributed by atoms with Crippen LogP contribution in [0.25, 0.3) is 0 Å². The maximum Gasteiger partial charge on any atom is 0.331 e. The summed E-state index contributed by atoms with van der Waals surface area (Å²) in [5, 5.41) is 16.9. The molecular formula is C10H13NO2. The number of nitriles is 1. The van der Waals surface area contributed by atoms with Crippen LogP contribution < -0.4 is 0 Å². The summed E-state index contributed by atoms with van der Waals surface area (Å²) in [6.45, 7) is 2.00. The van der Waals surface area contributed by atoms with E-state index in [0.717, 1.165) is 12.8 Å². The molecule has 3 nitrogen and oxygen atoms in total. The number of carbonyl (C=O) groups is 1. The number of hydrogen-bond donors (Lipinski definition) is 1. The van der Waals surface area contributed by atoms with Crippen molar-refractivity contribution in [3.63, 3.8) is 0 Å². The highest BCUT2D eigenvalue weighted by Crippen LogP contribution is 2.07. The fourth-order valence-corrected chi connectivity index (χ4v) is 0.836. The van der Waals surface area contributed by atoms with Gasteiger partial charge in [0.2, 0.25) is 0 Å². The molecule has 0 aliphatic carbocycles. The van der Waals surface area contributed by atoms with Gasteiger partial charge < -0.3 is 5.11 Å². The summed E-state index contributed by atoms with van der Waals surface area (Å²) in [4.78, 5) is 10.6. The van der Waals surface area contributed by atoms with Crippen molar-refractivity contribution in [2.75, 3.05) is 0 Å². The van der Waals surface area contributed by atoms with E-state index < -0.39 is 5.97 Å². The topological polar surface area (TPSA) is 61.1 Å². The third-order valence-electron chi connectivity index (χ3n) is 1.54. The van der Waals surface area contributed by atoms with Crippen molar-refractivity contribution in [2.45, 2.75) is 26.2 Å². The van der Waals surface area contributed by atoms with E-state index in [1.54, 1.807) is 6.07 Å². The molecule has 0 bridgehead atoms. The summed E-state index contributed by atoms with van der Waals surface area (Å²) in [5.74, 6) is -0.906. The Morgan fingerprint density at radius 1 is 1.62 bits per heavy atom.